The van der Waals surface area contributed by atoms with Crippen LogP contribution in [0.4, 0.5) is 5.69 Å². The lowest BCUT2D eigenvalue weighted by Crippen LogP contribution is -2.50. The molecule has 29 heavy (non-hydrogen) atoms. The van der Waals surface area contributed by atoms with Crippen LogP contribution in [0, 0.1) is 5.92 Å². The minimum atomic E-state index is -0.925. The van der Waals surface area contributed by atoms with E-state index >= 15 is 0 Å². The van der Waals surface area contributed by atoms with Crippen LogP contribution in [0.5, 0.6) is 5.75 Å². The van der Waals surface area contributed by atoms with E-state index in [0.29, 0.717) is 29.2 Å². The predicted octanol–water partition coefficient (Wildman–Crippen LogP) is 4.12. The van der Waals surface area contributed by atoms with Gasteiger partial charge in [0, 0.05) is 0 Å². The van der Waals surface area contributed by atoms with Gasteiger partial charge in [-0.3, -0.25) is 19.3 Å². The Kier molecular flexibility index (Phi) is 6.32. The average Bonchev–Trinajstić information content (AvgIpc) is 2.95. The van der Waals surface area contributed by atoms with Crippen molar-refractivity contribution in [1.82, 2.24) is 4.90 Å². The first-order valence-electron chi connectivity index (χ1n) is 9.95. The van der Waals surface area contributed by atoms with Gasteiger partial charge in [-0.25, -0.2) is 0 Å². The number of carbonyl (C=O) groups is 3. The van der Waals surface area contributed by atoms with Gasteiger partial charge in [-0.15, -0.1) is 0 Å². The van der Waals surface area contributed by atoms with Crippen molar-refractivity contribution >= 4 is 23.4 Å². The summed E-state index contributed by atoms with van der Waals surface area (Å²) in [7, 11) is 0. The van der Waals surface area contributed by atoms with Crippen LogP contribution in [0.3, 0.4) is 0 Å². The van der Waals surface area contributed by atoms with Gasteiger partial charge in [-0.2, -0.15) is 0 Å². The fraction of sp³-hybridized carbons (Fsp3) is 0.348. The zero-order valence-corrected chi connectivity index (χ0v) is 17.0. The van der Waals surface area contributed by atoms with E-state index in [9.17, 15) is 14.4 Å². The highest BCUT2D eigenvalue weighted by Crippen LogP contribution is 2.29. The molecule has 0 spiro atoms. The van der Waals surface area contributed by atoms with Gasteiger partial charge in [-0.1, -0.05) is 51.5 Å². The Bertz CT molecular complexity index is 888. The molecule has 0 aliphatic carbocycles. The van der Waals surface area contributed by atoms with E-state index in [1.165, 1.54) is 0 Å². The molecule has 1 heterocycles. The summed E-state index contributed by atoms with van der Waals surface area (Å²) < 4.78 is 5.77. The Balaban J connectivity index is 1.84. The number of amides is 3. The number of para-hydroxylation sites is 2. The van der Waals surface area contributed by atoms with E-state index in [0.717, 1.165) is 17.7 Å². The van der Waals surface area contributed by atoms with Crippen molar-refractivity contribution in [3.05, 3.63) is 59.7 Å². The van der Waals surface area contributed by atoms with E-state index in [1.807, 2.05) is 19.9 Å². The van der Waals surface area contributed by atoms with E-state index in [4.69, 9.17) is 4.74 Å². The van der Waals surface area contributed by atoms with E-state index in [-0.39, 0.29) is 5.92 Å². The molecule has 1 atom stereocenters. The highest BCUT2D eigenvalue weighted by atomic mass is 16.5. The maximum Gasteiger partial charge on any atom is 0.262 e. The number of rotatable bonds is 8. The summed E-state index contributed by atoms with van der Waals surface area (Å²) in [6, 6.07) is 12.9. The van der Waals surface area contributed by atoms with Crippen LogP contribution in [0.15, 0.2) is 48.5 Å². The molecule has 152 valence electrons. The van der Waals surface area contributed by atoms with Crippen LogP contribution in [0.2, 0.25) is 0 Å². The van der Waals surface area contributed by atoms with Crippen LogP contribution >= 0.6 is 0 Å². The van der Waals surface area contributed by atoms with Gasteiger partial charge >= 0.3 is 0 Å². The van der Waals surface area contributed by atoms with Gasteiger partial charge in [-0.05, 0) is 36.6 Å². The SMILES string of the molecule is CCCCOc1ccccc1NC(=O)C(C(C)C)N1C(=O)c2ccccc2C1=O. The molecule has 1 aliphatic heterocycles. The van der Waals surface area contributed by atoms with Crippen LogP contribution in [-0.2, 0) is 4.79 Å². The Morgan fingerprint density at radius 3 is 2.17 bits per heavy atom. The summed E-state index contributed by atoms with van der Waals surface area (Å²) in [5.74, 6) is -0.982. The highest BCUT2D eigenvalue weighted by molar-refractivity contribution is 6.23. The lowest BCUT2D eigenvalue weighted by atomic mass is 10.0. The fourth-order valence-electron chi connectivity index (χ4n) is 3.41. The van der Waals surface area contributed by atoms with Crippen molar-refractivity contribution < 1.29 is 19.1 Å². The van der Waals surface area contributed by atoms with Gasteiger partial charge in [0.2, 0.25) is 5.91 Å². The smallest absolute Gasteiger partial charge is 0.262 e. The molecule has 6 heteroatoms. The Morgan fingerprint density at radius 1 is 1.00 bits per heavy atom. The zero-order valence-electron chi connectivity index (χ0n) is 17.0. The zero-order chi connectivity index (χ0) is 21.0. The molecule has 0 bridgehead atoms. The van der Waals surface area contributed by atoms with Gasteiger partial charge in [0.15, 0.2) is 0 Å². The van der Waals surface area contributed by atoms with E-state index in [2.05, 4.69) is 12.2 Å². The minimum absolute atomic E-state index is 0.259. The van der Waals surface area contributed by atoms with Gasteiger partial charge < -0.3 is 10.1 Å². The number of nitrogens with one attached hydrogen (secondary N) is 1. The van der Waals surface area contributed by atoms with Crippen molar-refractivity contribution in [3.8, 4) is 5.75 Å². The summed E-state index contributed by atoms with van der Waals surface area (Å²) in [6.45, 7) is 6.26. The van der Waals surface area contributed by atoms with E-state index < -0.39 is 23.8 Å². The van der Waals surface area contributed by atoms with Crippen LogP contribution in [0.1, 0.15) is 54.3 Å². The molecule has 3 rings (SSSR count). The van der Waals surface area contributed by atoms with Crippen LogP contribution in [0.25, 0.3) is 0 Å². The predicted molar refractivity (Wildman–Crippen MR) is 111 cm³/mol. The fourth-order valence-corrected chi connectivity index (χ4v) is 3.41. The molecule has 0 saturated carbocycles. The van der Waals surface area contributed by atoms with Crippen molar-refractivity contribution in [2.24, 2.45) is 5.92 Å². The monoisotopic (exact) mass is 394 g/mol. The number of carbonyl (C=O) groups excluding carboxylic acids is 3. The third kappa shape index (κ3) is 4.16. The van der Waals surface area contributed by atoms with E-state index in [1.54, 1.807) is 42.5 Å². The molecule has 0 saturated heterocycles. The summed E-state index contributed by atoms with van der Waals surface area (Å²) >= 11 is 0. The molecule has 0 radical (unpaired) electrons. The summed E-state index contributed by atoms with van der Waals surface area (Å²) in [4.78, 5) is 39.9. The number of hydrogen-bond acceptors (Lipinski definition) is 4. The number of anilines is 1. The second-order valence-electron chi connectivity index (χ2n) is 7.40. The molecule has 2 aromatic rings. The van der Waals surface area contributed by atoms with Crippen molar-refractivity contribution in [1.29, 1.82) is 0 Å². The van der Waals surface area contributed by atoms with Crippen molar-refractivity contribution in [3.63, 3.8) is 0 Å². The number of hydrogen-bond donors (Lipinski definition) is 1. The number of benzene rings is 2. The highest BCUT2D eigenvalue weighted by Gasteiger charge is 2.44. The third-order valence-electron chi connectivity index (χ3n) is 4.90. The lowest BCUT2D eigenvalue weighted by molar-refractivity contribution is -0.121. The summed E-state index contributed by atoms with van der Waals surface area (Å²) in [5, 5.41) is 2.85. The lowest BCUT2D eigenvalue weighted by Gasteiger charge is -2.28. The van der Waals surface area contributed by atoms with Crippen LogP contribution < -0.4 is 10.1 Å². The first-order chi connectivity index (χ1) is 14.0. The van der Waals surface area contributed by atoms with Gasteiger partial charge in [0.05, 0.1) is 23.4 Å². The standard InChI is InChI=1S/C23H26N2O4/c1-4-5-14-29-19-13-9-8-12-18(19)24-21(26)20(15(2)3)25-22(27)16-10-6-7-11-17(16)23(25)28/h6-13,15,20H,4-5,14H2,1-3H3,(H,24,26). The molecule has 1 aliphatic rings. The average molecular weight is 394 g/mol. The normalized spacial score (nSPS) is 14.1. The molecule has 2 aromatic carbocycles. The molecular formula is C23H26N2O4. The first kappa shape index (κ1) is 20.6. The van der Waals surface area contributed by atoms with Crippen molar-refractivity contribution in [2.45, 2.75) is 39.7 Å². The van der Waals surface area contributed by atoms with Gasteiger partial charge in [0.25, 0.3) is 11.8 Å². The molecule has 6 nitrogen and oxygen atoms in total. The summed E-state index contributed by atoms with van der Waals surface area (Å²) in [5.41, 5.74) is 1.19. The van der Waals surface area contributed by atoms with Crippen LogP contribution in [-0.4, -0.2) is 35.3 Å². The molecule has 0 fully saturated rings. The van der Waals surface area contributed by atoms with Crippen molar-refractivity contribution in [2.75, 3.05) is 11.9 Å². The molecular weight excluding hydrogens is 368 g/mol. The largest absolute Gasteiger partial charge is 0.491 e. The Labute approximate surface area is 170 Å². The maximum atomic E-state index is 13.2. The number of fused-ring (bicyclic) bond motifs is 1. The van der Waals surface area contributed by atoms with Gasteiger partial charge in [0.1, 0.15) is 11.8 Å². The Hall–Kier alpha value is -3.15. The number of nitrogens with zero attached hydrogens (tertiary/aromatic N) is 1. The second kappa shape index (κ2) is 8.90. The topological polar surface area (TPSA) is 75.7 Å². The quantitative estimate of drug-likeness (QED) is 0.540. The Morgan fingerprint density at radius 2 is 1.59 bits per heavy atom. The number of imide groups is 1. The molecule has 3 amide bonds. The second-order valence-corrected chi connectivity index (χ2v) is 7.40. The third-order valence-corrected chi connectivity index (χ3v) is 4.90. The molecule has 1 N–H and O–H groups in total. The number of ether oxygens (including phenoxy) is 1. The number of unbranched alkanes of at least 4 members (excludes halogenated alkanes) is 1. The molecule has 0 aromatic heterocycles. The maximum absolute atomic E-state index is 13.2. The minimum Gasteiger partial charge on any atom is -0.491 e. The molecule has 1 unspecified atom stereocenters. The summed E-state index contributed by atoms with van der Waals surface area (Å²) in [6.07, 6.45) is 1.91. The first-order valence-corrected chi connectivity index (χ1v) is 9.95.